The van der Waals surface area contributed by atoms with E-state index in [0.717, 1.165) is 17.6 Å². The summed E-state index contributed by atoms with van der Waals surface area (Å²) in [7, 11) is -2.96. The summed E-state index contributed by atoms with van der Waals surface area (Å²) < 4.78 is 23.4. The van der Waals surface area contributed by atoms with Crippen LogP contribution < -0.4 is 4.90 Å². The third-order valence-corrected chi connectivity index (χ3v) is 11.1. The highest BCUT2D eigenvalue weighted by Gasteiger charge is 2.46. The lowest BCUT2D eigenvalue weighted by Gasteiger charge is -2.51. The molecule has 3 aliphatic rings. The first-order valence-electron chi connectivity index (χ1n) is 15.2. The standard InChI is InChI=1S/C32H37N7O6S/c1-31(2)27(22-4-6-23(7-5-22)30(40)41)8-10-32(3)21-37(11-9-28(31)32)25-18-24(19-26(20-25)39(42)43)29-33-35-38(34-29)13-12-36-14-16-46(44,45)17-15-36/h4-9,18-20H,10-17,21H2,1-3H3,(H,40,41)/t32-/m1/s1. The van der Waals surface area contributed by atoms with Crippen LogP contribution in [-0.2, 0) is 16.4 Å². The maximum absolute atomic E-state index is 12.0. The average Bonchev–Trinajstić information content (AvgIpc) is 3.49. The molecule has 0 amide bonds. The van der Waals surface area contributed by atoms with Crippen molar-refractivity contribution in [2.75, 3.05) is 49.1 Å². The highest BCUT2D eigenvalue weighted by atomic mass is 32.2. The Morgan fingerprint density at radius 1 is 1.02 bits per heavy atom. The Kier molecular flexibility index (Phi) is 8.05. The lowest BCUT2D eigenvalue weighted by Crippen LogP contribution is -2.47. The van der Waals surface area contributed by atoms with Gasteiger partial charge in [0.05, 0.1) is 28.5 Å². The van der Waals surface area contributed by atoms with E-state index in [1.807, 2.05) is 23.1 Å². The number of carboxylic acids is 1. The number of carbonyl (C=O) groups is 1. The predicted molar refractivity (Wildman–Crippen MR) is 173 cm³/mol. The Balaban J connectivity index is 1.22. The molecule has 3 aromatic rings. The van der Waals surface area contributed by atoms with E-state index in [1.165, 1.54) is 16.4 Å². The van der Waals surface area contributed by atoms with E-state index >= 15 is 0 Å². The van der Waals surface area contributed by atoms with Gasteiger partial charge < -0.3 is 10.0 Å². The molecule has 1 N–H and O–H groups in total. The molecule has 0 spiro atoms. The second kappa shape index (κ2) is 11.7. The van der Waals surface area contributed by atoms with Gasteiger partial charge in [-0.05, 0) is 41.0 Å². The van der Waals surface area contributed by atoms with E-state index in [1.54, 1.807) is 18.2 Å². The van der Waals surface area contributed by atoms with Gasteiger partial charge in [0, 0.05) is 66.9 Å². The molecule has 242 valence electrons. The van der Waals surface area contributed by atoms with Crippen LogP contribution in [-0.4, -0.2) is 93.8 Å². The number of non-ortho nitro benzene ring substituents is 1. The zero-order valence-electron chi connectivity index (χ0n) is 26.1. The van der Waals surface area contributed by atoms with Crippen LogP contribution in [0, 0.1) is 20.9 Å². The van der Waals surface area contributed by atoms with Gasteiger partial charge in [-0.2, -0.15) is 4.80 Å². The second-order valence-electron chi connectivity index (χ2n) is 13.1. The fraction of sp³-hybridized carbons (Fsp3) is 0.438. The number of nitro groups is 1. The van der Waals surface area contributed by atoms with E-state index in [2.05, 4.69) is 53.2 Å². The number of carboxylic acid groups (broad SMARTS) is 1. The molecule has 2 aliphatic heterocycles. The van der Waals surface area contributed by atoms with Crippen molar-refractivity contribution in [2.24, 2.45) is 10.8 Å². The van der Waals surface area contributed by atoms with Gasteiger partial charge in [0.1, 0.15) is 0 Å². The molecule has 0 saturated carbocycles. The SMILES string of the molecule is CC1(C)C(c2ccc(C(=O)O)cc2)=CC[C@]2(C)CN(c3cc(-c4nnn(CCN5CCS(=O)(=O)CC5)n4)cc([N+](=O)[O-])c3)CC=C12. The molecular weight excluding hydrogens is 610 g/mol. The van der Waals surface area contributed by atoms with Gasteiger partial charge in [0.2, 0.25) is 5.82 Å². The molecule has 2 aromatic carbocycles. The maximum atomic E-state index is 12.0. The monoisotopic (exact) mass is 647 g/mol. The van der Waals surface area contributed by atoms with Crippen molar-refractivity contribution in [3.63, 3.8) is 0 Å². The lowest BCUT2D eigenvalue weighted by atomic mass is 9.58. The average molecular weight is 648 g/mol. The molecule has 3 heterocycles. The van der Waals surface area contributed by atoms with Crippen LogP contribution in [0.1, 0.15) is 43.1 Å². The first-order valence-corrected chi connectivity index (χ1v) is 17.1. The quantitative estimate of drug-likeness (QED) is 0.214. The molecule has 6 rings (SSSR count). The van der Waals surface area contributed by atoms with Crippen molar-refractivity contribution in [3.8, 4) is 11.4 Å². The van der Waals surface area contributed by atoms with Crippen LogP contribution in [0.4, 0.5) is 11.4 Å². The Morgan fingerprint density at radius 3 is 2.41 bits per heavy atom. The summed E-state index contributed by atoms with van der Waals surface area (Å²) in [4.78, 5) is 28.6. The van der Waals surface area contributed by atoms with E-state index in [0.29, 0.717) is 50.5 Å². The summed E-state index contributed by atoms with van der Waals surface area (Å²) in [5.41, 5.74) is 4.29. The minimum Gasteiger partial charge on any atom is -0.478 e. The number of nitrogens with zero attached hydrogens (tertiary/aromatic N) is 7. The van der Waals surface area contributed by atoms with Crippen molar-refractivity contribution >= 4 is 32.8 Å². The summed E-state index contributed by atoms with van der Waals surface area (Å²) in [5.74, 6) is -0.387. The number of hydrogen-bond donors (Lipinski definition) is 1. The van der Waals surface area contributed by atoms with Gasteiger partial charge in [0.25, 0.3) is 5.69 Å². The third kappa shape index (κ3) is 6.18. The number of sulfone groups is 1. The van der Waals surface area contributed by atoms with Crippen molar-refractivity contribution < 1.29 is 23.2 Å². The van der Waals surface area contributed by atoms with Gasteiger partial charge >= 0.3 is 5.97 Å². The molecule has 1 aliphatic carbocycles. The highest BCUT2D eigenvalue weighted by molar-refractivity contribution is 7.91. The molecule has 0 bridgehead atoms. The zero-order valence-corrected chi connectivity index (χ0v) is 26.9. The summed E-state index contributed by atoms with van der Waals surface area (Å²) in [6.07, 6.45) is 5.22. The third-order valence-electron chi connectivity index (χ3n) is 9.49. The van der Waals surface area contributed by atoms with Gasteiger partial charge in [-0.15, -0.1) is 10.2 Å². The Bertz CT molecular complexity index is 1850. The number of aromatic carboxylic acids is 1. The van der Waals surface area contributed by atoms with Crippen LogP contribution in [0.3, 0.4) is 0 Å². The van der Waals surface area contributed by atoms with Gasteiger partial charge in [-0.1, -0.05) is 50.6 Å². The number of anilines is 1. The first kappa shape index (κ1) is 31.5. The number of aromatic nitrogens is 4. The highest BCUT2D eigenvalue weighted by Crippen LogP contribution is 2.55. The summed E-state index contributed by atoms with van der Waals surface area (Å²) >= 11 is 0. The van der Waals surface area contributed by atoms with Crippen molar-refractivity contribution in [1.29, 1.82) is 0 Å². The molecule has 14 heteroatoms. The topological polar surface area (TPSA) is 165 Å². The number of rotatable bonds is 8. The van der Waals surface area contributed by atoms with Gasteiger partial charge in [-0.25, -0.2) is 13.2 Å². The van der Waals surface area contributed by atoms with E-state index in [4.69, 9.17) is 0 Å². The number of benzene rings is 2. The normalized spacial score (nSPS) is 22.5. The molecular formula is C32H37N7O6S. The van der Waals surface area contributed by atoms with Gasteiger partial charge in [-0.3, -0.25) is 15.0 Å². The number of allylic oxidation sites excluding steroid dienone is 2. The van der Waals surface area contributed by atoms with Crippen molar-refractivity contribution in [1.82, 2.24) is 25.1 Å². The van der Waals surface area contributed by atoms with Crippen LogP contribution in [0.2, 0.25) is 0 Å². The van der Waals surface area contributed by atoms with E-state index in [-0.39, 0.29) is 39.4 Å². The number of nitro benzene ring substituents is 1. The van der Waals surface area contributed by atoms with E-state index < -0.39 is 20.7 Å². The molecule has 1 saturated heterocycles. The second-order valence-corrected chi connectivity index (χ2v) is 15.4. The first-order chi connectivity index (χ1) is 21.7. The molecule has 1 aromatic heterocycles. The minimum atomic E-state index is -2.96. The summed E-state index contributed by atoms with van der Waals surface area (Å²) in [6.45, 7) is 9.74. The number of tetrazole rings is 1. The van der Waals surface area contributed by atoms with Crippen molar-refractivity contribution in [3.05, 3.63) is 81.4 Å². The number of fused-ring (bicyclic) bond motifs is 1. The van der Waals surface area contributed by atoms with Crippen LogP contribution in [0.25, 0.3) is 17.0 Å². The number of hydrogen-bond acceptors (Lipinski definition) is 10. The van der Waals surface area contributed by atoms with E-state index in [9.17, 15) is 28.4 Å². The molecule has 0 radical (unpaired) electrons. The minimum absolute atomic E-state index is 0.0609. The molecule has 13 nitrogen and oxygen atoms in total. The fourth-order valence-electron chi connectivity index (χ4n) is 7.07. The fourth-order valence-corrected chi connectivity index (χ4v) is 8.35. The Labute approximate surface area is 267 Å². The maximum Gasteiger partial charge on any atom is 0.335 e. The summed E-state index contributed by atoms with van der Waals surface area (Å²) in [6, 6.07) is 11.9. The molecule has 0 unspecified atom stereocenters. The largest absolute Gasteiger partial charge is 0.478 e. The summed E-state index contributed by atoms with van der Waals surface area (Å²) in [5, 5.41) is 34.1. The smallest absolute Gasteiger partial charge is 0.335 e. The van der Waals surface area contributed by atoms with Crippen LogP contribution in [0.15, 0.2) is 60.2 Å². The molecule has 1 fully saturated rings. The predicted octanol–water partition coefficient (Wildman–Crippen LogP) is 3.94. The molecule has 46 heavy (non-hydrogen) atoms. The Morgan fingerprint density at radius 2 is 1.74 bits per heavy atom. The lowest BCUT2D eigenvalue weighted by molar-refractivity contribution is -0.384. The van der Waals surface area contributed by atoms with Crippen LogP contribution in [0.5, 0.6) is 0 Å². The van der Waals surface area contributed by atoms with Crippen LogP contribution >= 0.6 is 0 Å². The zero-order chi connectivity index (χ0) is 32.9. The molecule has 1 atom stereocenters. The Hall–Kier alpha value is -4.43. The van der Waals surface area contributed by atoms with Crippen molar-refractivity contribution in [2.45, 2.75) is 33.7 Å². The van der Waals surface area contributed by atoms with Gasteiger partial charge in [0.15, 0.2) is 9.84 Å².